The average molecular weight is 295 g/mol. The lowest BCUT2D eigenvalue weighted by atomic mass is 9.88. The fraction of sp³-hybridized carbons (Fsp3) is 0.385. The Morgan fingerprint density at radius 1 is 1.35 bits per heavy atom. The molecule has 1 saturated carbocycles. The van der Waals surface area contributed by atoms with Crippen LogP contribution in [0.2, 0.25) is 0 Å². The molecule has 0 heterocycles. The summed E-state index contributed by atoms with van der Waals surface area (Å²) in [6.45, 7) is 1.97. The number of carbonyl (C=O) groups is 1. The third-order valence-electron chi connectivity index (χ3n) is 2.95. The summed E-state index contributed by atoms with van der Waals surface area (Å²) in [5, 5.41) is 4.22. The first-order chi connectivity index (χ1) is 8.16. The van der Waals surface area contributed by atoms with E-state index in [1.807, 2.05) is 31.2 Å². The summed E-state index contributed by atoms with van der Waals surface area (Å²) in [6, 6.07) is 7.72. The van der Waals surface area contributed by atoms with E-state index in [9.17, 15) is 4.79 Å². The number of ketones is 1. The monoisotopic (exact) mass is 294 g/mol. The molecule has 0 bridgehead atoms. The molecule has 0 saturated heterocycles. The fourth-order valence-corrected chi connectivity index (χ4v) is 2.15. The molecule has 3 nitrogen and oxygen atoms in total. The summed E-state index contributed by atoms with van der Waals surface area (Å²) in [5.74, 6) is 0.301. The Kier molecular flexibility index (Phi) is 3.94. The van der Waals surface area contributed by atoms with E-state index < -0.39 is 0 Å². The fourth-order valence-electron chi connectivity index (χ4n) is 1.88. The molecule has 17 heavy (non-hydrogen) atoms. The first-order valence-electron chi connectivity index (χ1n) is 5.79. The maximum atomic E-state index is 11.8. The summed E-state index contributed by atoms with van der Waals surface area (Å²) < 4.78 is 1.03. The molecule has 0 aromatic heterocycles. The van der Waals surface area contributed by atoms with Crippen LogP contribution in [0.1, 0.15) is 26.2 Å². The van der Waals surface area contributed by atoms with Gasteiger partial charge in [0.2, 0.25) is 0 Å². The topological polar surface area (TPSA) is 41.5 Å². The molecule has 1 aliphatic rings. The Morgan fingerprint density at radius 2 is 2.06 bits per heavy atom. The van der Waals surface area contributed by atoms with Gasteiger partial charge in [0.1, 0.15) is 5.71 Å². The van der Waals surface area contributed by atoms with E-state index in [4.69, 9.17) is 0 Å². The third kappa shape index (κ3) is 3.16. The first-order valence-corrected chi connectivity index (χ1v) is 6.58. The van der Waals surface area contributed by atoms with Crippen LogP contribution >= 0.6 is 15.9 Å². The van der Waals surface area contributed by atoms with Gasteiger partial charge >= 0.3 is 0 Å². The van der Waals surface area contributed by atoms with Crippen LogP contribution in [0, 0.1) is 5.92 Å². The van der Waals surface area contributed by atoms with E-state index in [0.717, 1.165) is 29.4 Å². The number of carbonyl (C=O) groups excluding carboxylic acids is 1. The van der Waals surface area contributed by atoms with Gasteiger partial charge in [0.15, 0.2) is 5.78 Å². The summed E-state index contributed by atoms with van der Waals surface area (Å²) in [5.41, 5.74) is 4.51. The highest BCUT2D eigenvalue weighted by Crippen LogP contribution is 2.19. The number of hydrogen-bond donors (Lipinski definition) is 1. The normalized spacial score (nSPS) is 22.8. The minimum absolute atomic E-state index is 0.120. The Hall–Kier alpha value is -1.16. The zero-order chi connectivity index (χ0) is 12.3. The van der Waals surface area contributed by atoms with Crippen LogP contribution < -0.4 is 5.43 Å². The highest BCUT2D eigenvalue weighted by molar-refractivity contribution is 9.10. The molecular formula is C13H15BrN2O. The number of hydrazone groups is 1. The van der Waals surface area contributed by atoms with Crippen molar-refractivity contribution < 1.29 is 4.79 Å². The zero-order valence-electron chi connectivity index (χ0n) is 9.74. The van der Waals surface area contributed by atoms with Crippen molar-refractivity contribution in [3.8, 4) is 0 Å². The van der Waals surface area contributed by atoms with Crippen molar-refractivity contribution in [1.82, 2.24) is 0 Å². The molecule has 1 atom stereocenters. The molecule has 1 aromatic carbocycles. The number of anilines is 1. The van der Waals surface area contributed by atoms with Crippen LogP contribution in [0.15, 0.2) is 33.8 Å². The molecule has 4 heteroatoms. The molecule has 1 unspecified atom stereocenters. The zero-order valence-corrected chi connectivity index (χ0v) is 11.3. The predicted octanol–water partition coefficient (Wildman–Crippen LogP) is 3.61. The van der Waals surface area contributed by atoms with Gasteiger partial charge in [-0.25, -0.2) is 0 Å². The highest BCUT2D eigenvalue weighted by Gasteiger charge is 2.23. The molecule has 1 fully saturated rings. The van der Waals surface area contributed by atoms with Crippen LogP contribution in [0.3, 0.4) is 0 Å². The Balaban J connectivity index is 2.04. The van der Waals surface area contributed by atoms with Crippen molar-refractivity contribution in [1.29, 1.82) is 0 Å². The van der Waals surface area contributed by atoms with Crippen LogP contribution in [-0.2, 0) is 4.79 Å². The van der Waals surface area contributed by atoms with Gasteiger partial charge < -0.3 is 0 Å². The maximum Gasteiger partial charge on any atom is 0.181 e. The second-order valence-electron chi connectivity index (χ2n) is 4.33. The Bertz CT molecular complexity index is 439. The lowest BCUT2D eigenvalue weighted by molar-refractivity contribution is -0.116. The van der Waals surface area contributed by atoms with E-state index in [2.05, 4.69) is 26.5 Å². The van der Waals surface area contributed by atoms with Gasteiger partial charge in [-0.3, -0.25) is 10.2 Å². The van der Waals surface area contributed by atoms with Crippen LogP contribution in [0.4, 0.5) is 5.69 Å². The lowest BCUT2D eigenvalue weighted by Crippen LogP contribution is -2.27. The van der Waals surface area contributed by atoms with E-state index in [0.29, 0.717) is 5.71 Å². The summed E-state index contributed by atoms with van der Waals surface area (Å²) in [7, 11) is 0. The number of benzene rings is 1. The molecule has 0 spiro atoms. The SMILES string of the molecule is CC1CCC/C(=N\Nc2ccc(Br)cc2)C1=O. The molecule has 0 aliphatic heterocycles. The third-order valence-corrected chi connectivity index (χ3v) is 3.48. The van der Waals surface area contributed by atoms with Gasteiger partial charge in [0.25, 0.3) is 0 Å². The molecular weight excluding hydrogens is 280 g/mol. The van der Waals surface area contributed by atoms with Crippen LogP contribution in [-0.4, -0.2) is 11.5 Å². The second-order valence-corrected chi connectivity index (χ2v) is 5.25. The molecule has 1 aromatic rings. The summed E-state index contributed by atoms with van der Waals surface area (Å²) in [4.78, 5) is 11.8. The van der Waals surface area contributed by atoms with Gasteiger partial charge in [0, 0.05) is 10.4 Å². The number of Topliss-reactive ketones (excluding diaryl/α,β-unsaturated/α-hetero) is 1. The molecule has 1 N–H and O–H groups in total. The van der Waals surface area contributed by atoms with Crippen LogP contribution in [0.25, 0.3) is 0 Å². The van der Waals surface area contributed by atoms with Gasteiger partial charge in [-0.15, -0.1) is 0 Å². The standard InChI is InChI=1S/C13H15BrN2O/c1-9-3-2-4-12(13(9)17)16-15-11-7-5-10(14)6-8-11/h5-9,15H,2-4H2,1H3/b16-12+. The summed E-state index contributed by atoms with van der Waals surface area (Å²) in [6.07, 6.45) is 2.82. The quantitative estimate of drug-likeness (QED) is 0.847. The second kappa shape index (κ2) is 5.45. The maximum absolute atomic E-state index is 11.8. The largest absolute Gasteiger partial charge is 0.292 e. The van der Waals surface area contributed by atoms with Crippen molar-refractivity contribution in [3.63, 3.8) is 0 Å². The Labute approximate surface area is 109 Å². The molecule has 0 radical (unpaired) electrons. The van der Waals surface area contributed by atoms with Crippen molar-refractivity contribution in [2.24, 2.45) is 11.0 Å². The van der Waals surface area contributed by atoms with E-state index >= 15 is 0 Å². The van der Waals surface area contributed by atoms with Crippen molar-refractivity contribution in [2.75, 3.05) is 5.43 Å². The van der Waals surface area contributed by atoms with Crippen molar-refractivity contribution in [2.45, 2.75) is 26.2 Å². The van der Waals surface area contributed by atoms with Crippen molar-refractivity contribution in [3.05, 3.63) is 28.7 Å². The van der Waals surface area contributed by atoms with Gasteiger partial charge in [-0.2, -0.15) is 5.10 Å². The van der Waals surface area contributed by atoms with E-state index in [-0.39, 0.29) is 11.7 Å². The Morgan fingerprint density at radius 3 is 2.76 bits per heavy atom. The van der Waals surface area contributed by atoms with E-state index in [1.165, 1.54) is 0 Å². The van der Waals surface area contributed by atoms with E-state index in [1.54, 1.807) is 0 Å². The minimum atomic E-state index is 0.120. The molecule has 2 rings (SSSR count). The number of nitrogens with one attached hydrogen (secondary N) is 1. The van der Waals surface area contributed by atoms with Gasteiger partial charge in [-0.05, 0) is 43.5 Å². The molecule has 1 aliphatic carbocycles. The summed E-state index contributed by atoms with van der Waals surface area (Å²) >= 11 is 3.37. The highest BCUT2D eigenvalue weighted by atomic mass is 79.9. The molecule has 90 valence electrons. The average Bonchev–Trinajstić information content (AvgIpc) is 2.33. The first kappa shape index (κ1) is 12.3. The predicted molar refractivity (Wildman–Crippen MR) is 73.2 cm³/mol. The van der Waals surface area contributed by atoms with Crippen molar-refractivity contribution >= 4 is 33.1 Å². The minimum Gasteiger partial charge on any atom is -0.292 e. The van der Waals surface area contributed by atoms with Crippen LogP contribution in [0.5, 0.6) is 0 Å². The number of hydrogen-bond acceptors (Lipinski definition) is 3. The molecule has 0 amide bonds. The number of rotatable bonds is 2. The van der Waals surface area contributed by atoms with Gasteiger partial charge in [-0.1, -0.05) is 22.9 Å². The van der Waals surface area contributed by atoms with Gasteiger partial charge in [0.05, 0.1) is 5.69 Å². The lowest BCUT2D eigenvalue weighted by Gasteiger charge is -2.17. The smallest absolute Gasteiger partial charge is 0.181 e. The number of nitrogens with zero attached hydrogens (tertiary/aromatic N) is 1. The number of halogens is 1.